The topological polar surface area (TPSA) is 51.2 Å². The van der Waals surface area contributed by atoms with Crippen molar-refractivity contribution in [3.63, 3.8) is 0 Å². The SMILES string of the molecule is CCOC(=O)Cc1csc(NCCCC(F)(F)F)n1. The smallest absolute Gasteiger partial charge is 0.389 e. The molecule has 0 fully saturated rings. The van der Waals surface area contributed by atoms with Crippen LogP contribution in [0.15, 0.2) is 5.38 Å². The van der Waals surface area contributed by atoms with Crippen LogP contribution in [-0.2, 0) is 16.0 Å². The van der Waals surface area contributed by atoms with E-state index in [1.54, 1.807) is 12.3 Å². The first kappa shape index (κ1) is 15.7. The van der Waals surface area contributed by atoms with Gasteiger partial charge in [0.1, 0.15) is 0 Å². The van der Waals surface area contributed by atoms with Crippen molar-refractivity contribution < 1.29 is 22.7 Å². The number of esters is 1. The number of aromatic nitrogens is 1. The summed E-state index contributed by atoms with van der Waals surface area (Å²) in [6.07, 6.45) is -4.87. The lowest BCUT2D eigenvalue weighted by Gasteiger charge is -2.06. The van der Waals surface area contributed by atoms with E-state index in [1.165, 1.54) is 11.3 Å². The highest BCUT2D eigenvalue weighted by Gasteiger charge is 2.25. The molecule has 4 nitrogen and oxygen atoms in total. The predicted molar refractivity (Wildman–Crippen MR) is 66.2 cm³/mol. The molecule has 1 aromatic heterocycles. The summed E-state index contributed by atoms with van der Waals surface area (Å²) in [5.74, 6) is -0.364. The van der Waals surface area contributed by atoms with Gasteiger partial charge in [-0.25, -0.2) is 4.98 Å². The predicted octanol–water partition coefficient (Wildman–Crippen LogP) is 3.00. The molecule has 0 aromatic carbocycles. The molecule has 0 atom stereocenters. The summed E-state index contributed by atoms with van der Waals surface area (Å²) in [4.78, 5) is 15.3. The van der Waals surface area contributed by atoms with Crippen LogP contribution < -0.4 is 5.32 Å². The quantitative estimate of drug-likeness (QED) is 0.621. The van der Waals surface area contributed by atoms with Crippen LogP contribution >= 0.6 is 11.3 Å². The van der Waals surface area contributed by atoms with Crippen LogP contribution in [-0.4, -0.2) is 30.3 Å². The van der Waals surface area contributed by atoms with Gasteiger partial charge in [0.05, 0.1) is 18.7 Å². The molecule has 1 heterocycles. The normalized spacial score (nSPS) is 11.4. The molecule has 0 spiro atoms. The van der Waals surface area contributed by atoms with E-state index in [0.717, 1.165) is 0 Å². The summed E-state index contributed by atoms with van der Waals surface area (Å²) in [7, 11) is 0. The lowest BCUT2D eigenvalue weighted by molar-refractivity contribution is -0.142. The molecule has 0 saturated heterocycles. The Labute approximate surface area is 113 Å². The van der Waals surface area contributed by atoms with Gasteiger partial charge < -0.3 is 10.1 Å². The number of carbonyl (C=O) groups is 1. The van der Waals surface area contributed by atoms with Crippen LogP contribution in [0.5, 0.6) is 0 Å². The van der Waals surface area contributed by atoms with Crippen LogP contribution in [0.1, 0.15) is 25.5 Å². The lowest BCUT2D eigenvalue weighted by Crippen LogP contribution is -2.11. The first-order valence-electron chi connectivity index (χ1n) is 5.81. The van der Waals surface area contributed by atoms with Gasteiger partial charge >= 0.3 is 12.1 Å². The molecule has 1 rings (SSSR count). The molecular formula is C11H15F3N2O2S. The standard InChI is InChI=1S/C11H15F3N2O2S/c1-2-18-9(17)6-8-7-19-10(16-8)15-5-3-4-11(12,13)14/h7H,2-6H2,1H3,(H,15,16). The molecule has 0 aliphatic rings. The zero-order valence-corrected chi connectivity index (χ0v) is 11.2. The van der Waals surface area contributed by atoms with Gasteiger partial charge in [0.2, 0.25) is 0 Å². The number of carbonyl (C=O) groups excluding carboxylic acids is 1. The number of nitrogens with one attached hydrogen (secondary N) is 1. The highest BCUT2D eigenvalue weighted by atomic mass is 32.1. The van der Waals surface area contributed by atoms with E-state index in [1.807, 2.05) is 0 Å². The second-order valence-corrected chi connectivity index (χ2v) is 4.63. The van der Waals surface area contributed by atoms with Crippen molar-refractivity contribution in [1.29, 1.82) is 0 Å². The summed E-state index contributed by atoms with van der Waals surface area (Å²) in [5.41, 5.74) is 0.557. The largest absolute Gasteiger partial charge is 0.466 e. The summed E-state index contributed by atoms with van der Waals surface area (Å²) in [5, 5.41) is 5.00. The molecule has 0 aliphatic heterocycles. The van der Waals surface area contributed by atoms with Crippen LogP contribution in [0.3, 0.4) is 0 Å². The van der Waals surface area contributed by atoms with Crippen molar-refractivity contribution in [3.05, 3.63) is 11.1 Å². The molecule has 0 amide bonds. The molecule has 19 heavy (non-hydrogen) atoms. The first-order valence-corrected chi connectivity index (χ1v) is 6.69. The molecule has 0 aliphatic carbocycles. The Bertz CT molecular complexity index is 407. The summed E-state index contributed by atoms with van der Waals surface area (Å²) in [6, 6.07) is 0. The van der Waals surface area contributed by atoms with Gasteiger partial charge in [-0.3, -0.25) is 4.79 Å². The number of halogens is 3. The molecule has 1 aromatic rings. The minimum Gasteiger partial charge on any atom is -0.466 e. The van der Waals surface area contributed by atoms with Gasteiger partial charge in [-0.15, -0.1) is 11.3 Å². The van der Waals surface area contributed by atoms with E-state index in [-0.39, 0.29) is 25.4 Å². The first-order chi connectivity index (χ1) is 8.90. The number of ether oxygens (including phenoxy) is 1. The fraction of sp³-hybridized carbons (Fsp3) is 0.636. The second kappa shape index (κ2) is 7.32. The minimum absolute atomic E-state index is 0.00368. The van der Waals surface area contributed by atoms with Crippen LogP contribution in [0.25, 0.3) is 0 Å². The van der Waals surface area contributed by atoms with Gasteiger partial charge in [-0.05, 0) is 13.3 Å². The monoisotopic (exact) mass is 296 g/mol. The van der Waals surface area contributed by atoms with E-state index in [9.17, 15) is 18.0 Å². The van der Waals surface area contributed by atoms with Crippen molar-refractivity contribution in [3.8, 4) is 0 Å². The fourth-order valence-corrected chi connectivity index (χ4v) is 2.05. The van der Waals surface area contributed by atoms with Crippen molar-refractivity contribution in [2.75, 3.05) is 18.5 Å². The van der Waals surface area contributed by atoms with E-state index < -0.39 is 12.6 Å². The highest BCUT2D eigenvalue weighted by molar-refractivity contribution is 7.13. The zero-order chi connectivity index (χ0) is 14.3. The third-order valence-electron chi connectivity index (χ3n) is 2.10. The van der Waals surface area contributed by atoms with Gasteiger partial charge in [-0.2, -0.15) is 13.2 Å². The third-order valence-corrected chi connectivity index (χ3v) is 2.94. The Kier molecular flexibility index (Phi) is 6.07. The van der Waals surface area contributed by atoms with E-state index in [0.29, 0.717) is 17.4 Å². The molecule has 8 heteroatoms. The molecule has 0 radical (unpaired) electrons. The number of hydrogen-bond donors (Lipinski definition) is 1. The van der Waals surface area contributed by atoms with Gasteiger partial charge in [0.15, 0.2) is 5.13 Å². The Hall–Kier alpha value is -1.31. The second-order valence-electron chi connectivity index (χ2n) is 3.77. The number of nitrogens with zero attached hydrogens (tertiary/aromatic N) is 1. The third kappa shape index (κ3) is 7.00. The van der Waals surface area contributed by atoms with Crippen molar-refractivity contribution in [1.82, 2.24) is 4.98 Å². The number of anilines is 1. The maximum atomic E-state index is 11.9. The van der Waals surface area contributed by atoms with Crippen molar-refractivity contribution in [2.24, 2.45) is 0 Å². The van der Waals surface area contributed by atoms with Gasteiger partial charge in [0, 0.05) is 18.3 Å². The maximum Gasteiger partial charge on any atom is 0.389 e. The van der Waals surface area contributed by atoms with Crippen LogP contribution in [0, 0.1) is 0 Å². The minimum atomic E-state index is -4.13. The average Bonchev–Trinajstić information content (AvgIpc) is 2.71. The van der Waals surface area contributed by atoms with E-state index in [2.05, 4.69) is 10.3 Å². The molecular weight excluding hydrogens is 281 g/mol. The molecule has 108 valence electrons. The van der Waals surface area contributed by atoms with E-state index >= 15 is 0 Å². The number of thiazole rings is 1. The van der Waals surface area contributed by atoms with E-state index in [4.69, 9.17) is 4.74 Å². The summed E-state index contributed by atoms with van der Waals surface area (Å²) in [6.45, 7) is 2.23. The maximum absolute atomic E-state index is 11.9. The molecule has 1 N–H and O–H groups in total. The van der Waals surface area contributed by atoms with Crippen molar-refractivity contribution >= 4 is 22.4 Å². The highest BCUT2D eigenvalue weighted by Crippen LogP contribution is 2.22. The Morgan fingerprint density at radius 3 is 2.89 bits per heavy atom. The summed E-state index contributed by atoms with van der Waals surface area (Å²) < 4.78 is 40.5. The van der Waals surface area contributed by atoms with Gasteiger partial charge in [-0.1, -0.05) is 0 Å². The molecule has 0 unspecified atom stereocenters. The van der Waals surface area contributed by atoms with Crippen molar-refractivity contribution in [2.45, 2.75) is 32.4 Å². The van der Waals surface area contributed by atoms with Crippen LogP contribution in [0.2, 0.25) is 0 Å². The number of alkyl halides is 3. The lowest BCUT2D eigenvalue weighted by atomic mass is 10.3. The fourth-order valence-electron chi connectivity index (χ4n) is 1.31. The Morgan fingerprint density at radius 1 is 1.53 bits per heavy atom. The summed E-state index contributed by atoms with van der Waals surface area (Å²) >= 11 is 1.26. The van der Waals surface area contributed by atoms with Gasteiger partial charge in [0.25, 0.3) is 0 Å². The Morgan fingerprint density at radius 2 is 2.26 bits per heavy atom. The molecule has 0 saturated carbocycles. The average molecular weight is 296 g/mol. The number of rotatable bonds is 7. The number of hydrogen-bond acceptors (Lipinski definition) is 5. The zero-order valence-electron chi connectivity index (χ0n) is 10.4. The molecule has 0 bridgehead atoms. The Balaban J connectivity index is 2.29. The van der Waals surface area contributed by atoms with Crippen LogP contribution in [0.4, 0.5) is 18.3 Å².